The number of carbonyl (C=O) groups is 2. The van der Waals surface area contributed by atoms with Gasteiger partial charge in [0.1, 0.15) is 6.61 Å². The van der Waals surface area contributed by atoms with E-state index in [1.54, 1.807) is 4.90 Å². The van der Waals surface area contributed by atoms with Gasteiger partial charge in [0, 0.05) is 54.9 Å². The second-order valence-electron chi connectivity index (χ2n) is 10.9. The molecule has 4 heterocycles. The molecule has 2 aliphatic heterocycles. The maximum atomic E-state index is 13.9. The van der Waals surface area contributed by atoms with Crippen LogP contribution in [0.25, 0.3) is 22.4 Å². The first kappa shape index (κ1) is 26.7. The molecular formula is C30H34N4O5S. The molecule has 1 amide bonds. The minimum atomic E-state index is -0.941. The maximum absolute atomic E-state index is 13.9. The van der Waals surface area contributed by atoms with Crippen LogP contribution in [-0.2, 0) is 14.3 Å². The number of hydrogen-bond acceptors (Lipinski definition) is 8. The Labute approximate surface area is 237 Å². The number of rotatable bonds is 9. The topological polar surface area (TPSA) is 105 Å². The molecule has 1 saturated carbocycles. The number of carbonyl (C=O) groups excluding carboxylic acids is 1. The second kappa shape index (κ2) is 11.5. The van der Waals surface area contributed by atoms with Gasteiger partial charge in [-0.15, -0.1) is 11.3 Å². The molecule has 40 heavy (non-hydrogen) atoms. The van der Waals surface area contributed by atoms with E-state index in [0.29, 0.717) is 37.3 Å². The summed E-state index contributed by atoms with van der Waals surface area (Å²) in [6.07, 6.45) is 5.81. The summed E-state index contributed by atoms with van der Waals surface area (Å²) in [4.78, 5) is 39.1. The number of aliphatic carboxylic acids is 1. The number of likely N-dealkylation sites (N-methyl/N-ethyl adjacent to an activating group) is 1. The molecular weight excluding hydrogens is 528 g/mol. The zero-order valence-electron chi connectivity index (χ0n) is 22.6. The quantitative estimate of drug-likeness (QED) is 0.384. The average Bonchev–Trinajstić information content (AvgIpc) is 3.68. The molecule has 0 radical (unpaired) electrons. The Hall–Kier alpha value is -3.50. The van der Waals surface area contributed by atoms with Gasteiger partial charge in [0.2, 0.25) is 5.91 Å². The SMILES string of the molecule is CN1CCOc2cc(-c3ccccc3-c3csc(N(C(=O)C(CC(=O)O)CC4CCOCC4)C4CC4)n3)cnc21. The van der Waals surface area contributed by atoms with Crippen LogP contribution in [0.2, 0.25) is 0 Å². The molecule has 1 unspecified atom stereocenters. The highest BCUT2D eigenvalue weighted by Gasteiger charge is 2.40. The van der Waals surface area contributed by atoms with Gasteiger partial charge in [-0.1, -0.05) is 24.3 Å². The van der Waals surface area contributed by atoms with Crippen LogP contribution in [0.3, 0.4) is 0 Å². The lowest BCUT2D eigenvalue weighted by Gasteiger charge is -2.29. The maximum Gasteiger partial charge on any atom is 0.304 e. The first-order valence-electron chi connectivity index (χ1n) is 14.0. The van der Waals surface area contributed by atoms with Crippen molar-refractivity contribution in [2.75, 3.05) is 43.2 Å². The molecule has 210 valence electrons. The monoisotopic (exact) mass is 562 g/mol. The third kappa shape index (κ3) is 5.69. The minimum Gasteiger partial charge on any atom is -0.488 e. The minimum absolute atomic E-state index is 0.0757. The number of aromatic nitrogens is 2. The zero-order valence-corrected chi connectivity index (χ0v) is 23.4. The van der Waals surface area contributed by atoms with E-state index >= 15 is 0 Å². The number of nitrogens with zero attached hydrogens (tertiary/aromatic N) is 4. The van der Waals surface area contributed by atoms with Gasteiger partial charge in [-0.3, -0.25) is 14.5 Å². The Bertz CT molecular complexity index is 1380. The van der Waals surface area contributed by atoms with E-state index in [1.807, 2.05) is 49.0 Å². The summed E-state index contributed by atoms with van der Waals surface area (Å²) in [7, 11) is 2.01. The highest BCUT2D eigenvalue weighted by molar-refractivity contribution is 7.14. The number of pyridine rings is 1. The Kier molecular flexibility index (Phi) is 7.71. The van der Waals surface area contributed by atoms with Crippen LogP contribution in [-0.4, -0.2) is 66.4 Å². The number of hydrogen-bond donors (Lipinski definition) is 1. The first-order chi connectivity index (χ1) is 19.5. The van der Waals surface area contributed by atoms with Crippen molar-refractivity contribution in [2.45, 2.75) is 44.6 Å². The van der Waals surface area contributed by atoms with Crippen molar-refractivity contribution in [1.29, 1.82) is 0 Å². The molecule has 1 atom stereocenters. The second-order valence-corrected chi connectivity index (χ2v) is 11.7. The molecule has 0 bridgehead atoms. The molecule has 1 aliphatic carbocycles. The number of ether oxygens (including phenoxy) is 2. The van der Waals surface area contributed by atoms with Gasteiger partial charge in [-0.25, -0.2) is 9.97 Å². The van der Waals surface area contributed by atoms with E-state index in [9.17, 15) is 14.7 Å². The fourth-order valence-corrected chi connectivity index (χ4v) is 6.56. The van der Waals surface area contributed by atoms with Crippen LogP contribution in [0.5, 0.6) is 5.75 Å². The van der Waals surface area contributed by atoms with Crippen molar-refractivity contribution in [1.82, 2.24) is 9.97 Å². The van der Waals surface area contributed by atoms with Crippen LogP contribution in [0.1, 0.15) is 38.5 Å². The fourth-order valence-electron chi connectivity index (χ4n) is 5.66. The van der Waals surface area contributed by atoms with Crippen LogP contribution in [0, 0.1) is 11.8 Å². The molecule has 2 aromatic heterocycles. The van der Waals surface area contributed by atoms with E-state index in [1.165, 1.54) is 11.3 Å². The number of carboxylic acid groups (broad SMARTS) is 1. The highest BCUT2D eigenvalue weighted by Crippen LogP contribution is 2.41. The van der Waals surface area contributed by atoms with Crippen molar-refractivity contribution < 1.29 is 24.2 Å². The summed E-state index contributed by atoms with van der Waals surface area (Å²) in [5, 5.41) is 12.2. The summed E-state index contributed by atoms with van der Waals surface area (Å²) < 4.78 is 11.4. The Balaban J connectivity index is 1.28. The van der Waals surface area contributed by atoms with Gasteiger partial charge in [0.25, 0.3) is 0 Å². The molecule has 3 aliphatic rings. The summed E-state index contributed by atoms with van der Waals surface area (Å²) >= 11 is 1.44. The predicted molar refractivity (Wildman–Crippen MR) is 154 cm³/mol. The number of benzene rings is 1. The summed E-state index contributed by atoms with van der Waals surface area (Å²) in [6.45, 7) is 2.76. The molecule has 9 nitrogen and oxygen atoms in total. The summed E-state index contributed by atoms with van der Waals surface area (Å²) in [6, 6.07) is 10.1. The van der Waals surface area contributed by atoms with Gasteiger partial charge < -0.3 is 19.5 Å². The number of fused-ring (bicyclic) bond motifs is 1. The van der Waals surface area contributed by atoms with Crippen LogP contribution < -0.4 is 14.5 Å². The largest absolute Gasteiger partial charge is 0.488 e. The van der Waals surface area contributed by atoms with E-state index < -0.39 is 11.9 Å². The van der Waals surface area contributed by atoms with Crippen molar-refractivity contribution >= 4 is 34.2 Å². The Morgan fingerprint density at radius 3 is 2.67 bits per heavy atom. The number of amides is 1. The van der Waals surface area contributed by atoms with Crippen LogP contribution >= 0.6 is 11.3 Å². The van der Waals surface area contributed by atoms with Gasteiger partial charge in [0.05, 0.1) is 18.7 Å². The Morgan fingerprint density at radius 1 is 1.15 bits per heavy atom. The number of anilines is 2. The van der Waals surface area contributed by atoms with E-state index in [-0.39, 0.29) is 18.4 Å². The molecule has 10 heteroatoms. The van der Waals surface area contributed by atoms with E-state index in [0.717, 1.165) is 66.2 Å². The Morgan fingerprint density at radius 2 is 1.93 bits per heavy atom. The standard InChI is InChI=1S/C30H34N4O5S/c1-33-10-13-39-26-15-21(17-31-28(26)33)23-4-2-3-5-24(23)25-18-40-30(32-25)34(22-6-7-22)29(37)20(16-27(35)36)14-19-8-11-38-12-9-19/h2-5,15,17-20,22H,6-14,16H2,1H3,(H,35,36). The molecule has 0 spiro atoms. The van der Waals surface area contributed by atoms with E-state index in [4.69, 9.17) is 14.5 Å². The summed E-state index contributed by atoms with van der Waals surface area (Å²) in [5.41, 5.74) is 3.65. The lowest BCUT2D eigenvalue weighted by Crippen LogP contribution is -2.40. The fraction of sp³-hybridized carbons (Fsp3) is 0.467. The number of carboxylic acids is 1. The number of thiazole rings is 1. The van der Waals surface area contributed by atoms with Crippen LogP contribution in [0.4, 0.5) is 10.9 Å². The molecule has 6 rings (SSSR count). The smallest absolute Gasteiger partial charge is 0.304 e. The molecule has 3 aromatic rings. The third-order valence-corrected chi connectivity index (χ3v) is 8.81. The molecule has 2 fully saturated rings. The van der Waals surface area contributed by atoms with Crippen molar-refractivity contribution in [3.05, 3.63) is 41.9 Å². The highest BCUT2D eigenvalue weighted by atomic mass is 32.1. The molecule has 1 N–H and O–H groups in total. The van der Waals surface area contributed by atoms with Gasteiger partial charge in [-0.2, -0.15) is 0 Å². The lowest BCUT2D eigenvalue weighted by molar-refractivity contribution is -0.141. The molecule has 1 saturated heterocycles. The zero-order chi connectivity index (χ0) is 27.6. The predicted octanol–water partition coefficient (Wildman–Crippen LogP) is 5.10. The average molecular weight is 563 g/mol. The summed E-state index contributed by atoms with van der Waals surface area (Å²) in [5.74, 6) is 0.268. The normalized spacial score (nSPS) is 18.1. The molecule has 1 aromatic carbocycles. The lowest BCUT2D eigenvalue weighted by atomic mass is 9.86. The van der Waals surface area contributed by atoms with Gasteiger partial charge in [-0.05, 0) is 49.7 Å². The van der Waals surface area contributed by atoms with E-state index in [2.05, 4.69) is 9.88 Å². The van der Waals surface area contributed by atoms with Crippen molar-refractivity contribution in [3.63, 3.8) is 0 Å². The van der Waals surface area contributed by atoms with Gasteiger partial charge >= 0.3 is 5.97 Å². The first-order valence-corrected chi connectivity index (χ1v) is 14.9. The van der Waals surface area contributed by atoms with Crippen LogP contribution in [0.15, 0.2) is 41.9 Å². The van der Waals surface area contributed by atoms with Gasteiger partial charge in [0.15, 0.2) is 16.7 Å². The van der Waals surface area contributed by atoms with Crippen molar-refractivity contribution in [2.24, 2.45) is 11.8 Å². The van der Waals surface area contributed by atoms with Crippen molar-refractivity contribution in [3.8, 4) is 28.1 Å². The third-order valence-electron chi connectivity index (χ3n) is 7.97.